The summed E-state index contributed by atoms with van der Waals surface area (Å²) >= 11 is 0. The summed E-state index contributed by atoms with van der Waals surface area (Å²) in [7, 11) is 0. The molecule has 4 aromatic rings. The highest BCUT2D eigenvalue weighted by atomic mass is 16.5. The SMILES string of the molecule is C=COc1ccc(CCC(CCc2ccc(OC=C)cc2)(c2ccc(OC=C)cc2)c2ccc(OC=C)cc2)cc1. The first-order chi connectivity index (χ1) is 20.1. The first-order valence-electron chi connectivity index (χ1n) is 13.6. The average Bonchev–Trinajstić information content (AvgIpc) is 3.01. The Hall–Kier alpha value is -4.96. The van der Waals surface area contributed by atoms with Gasteiger partial charge in [-0.15, -0.1) is 0 Å². The Bertz CT molecular complexity index is 1300. The van der Waals surface area contributed by atoms with Crippen LogP contribution in [0.2, 0.25) is 0 Å². The summed E-state index contributed by atoms with van der Waals surface area (Å²) in [5.74, 6) is 3.05. The Labute approximate surface area is 243 Å². The standard InChI is InChI=1S/C37H36O4/c1-5-38-33-17-9-29(10-18-33)25-27-37(31-13-21-35(22-14-31)40-7-3,32-15-23-36(24-16-32)41-8-4)28-26-30-11-19-34(20-12-30)39-6-2/h5-24H,1-4,25-28H2. The van der Waals surface area contributed by atoms with E-state index >= 15 is 0 Å². The fourth-order valence-corrected chi connectivity index (χ4v) is 5.14. The van der Waals surface area contributed by atoms with Crippen LogP contribution in [-0.4, -0.2) is 0 Å². The monoisotopic (exact) mass is 544 g/mol. The van der Waals surface area contributed by atoms with Gasteiger partial charge in [-0.25, -0.2) is 0 Å². The normalized spacial score (nSPS) is 10.7. The Morgan fingerprint density at radius 3 is 0.951 bits per heavy atom. The molecular formula is C37H36O4. The highest BCUT2D eigenvalue weighted by Gasteiger charge is 2.34. The van der Waals surface area contributed by atoms with Crippen LogP contribution in [0.5, 0.6) is 23.0 Å². The Balaban J connectivity index is 1.74. The molecule has 0 saturated carbocycles. The molecule has 0 aromatic heterocycles. The van der Waals surface area contributed by atoms with Crippen LogP contribution in [0.3, 0.4) is 0 Å². The summed E-state index contributed by atoms with van der Waals surface area (Å²) in [4.78, 5) is 0. The first-order valence-corrected chi connectivity index (χ1v) is 13.6. The number of rotatable bonds is 16. The van der Waals surface area contributed by atoms with Gasteiger partial charge in [-0.2, -0.15) is 0 Å². The van der Waals surface area contributed by atoms with E-state index in [0.717, 1.165) is 48.7 Å². The van der Waals surface area contributed by atoms with E-state index < -0.39 is 0 Å². The number of hydrogen-bond donors (Lipinski definition) is 0. The van der Waals surface area contributed by atoms with Gasteiger partial charge in [0.25, 0.3) is 0 Å². The van der Waals surface area contributed by atoms with E-state index in [1.807, 2.05) is 48.5 Å². The third-order valence-electron chi connectivity index (χ3n) is 7.22. The largest absolute Gasteiger partial charge is 0.466 e. The minimum Gasteiger partial charge on any atom is -0.466 e. The van der Waals surface area contributed by atoms with E-state index in [0.29, 0.717) is 0 Å². The van der Waals surface area contributed by atoms with E-state index in [2.05, 4.69) is 74.8 Å². The summed E-state index contributed by atoms with van der Waals surface area (Å²) in [6.07, 6.45) is 9.28. The van der Waals surface area contributed by atoms with Gasteiger partial charge in [0.2, 0.25) is 0 Å². The number of hydrogen-bond acceptors (Lipinski definition) is 4. The fourth-order valence-electron chi connectivity index (χ4n) is 5.14. The molecule has 0 aliphatic rings. The predicted molar refractivity (Wildman–Crippen MR) is 166 cm³/mol. The topological polar surface area (TPSA) is 36.9 Å². The molecule has 0 bridgehead atoms. The highest BCUT2D eigenvalue weighted by molar-refractivity contribution is 5.44. The lowest BCUT2D eigenvalue weighted by Gasteiger charge is -2.36. The van der Waals surface area contributed by atoms with E-state index in [9.17, 15) is 0 Å². The molecule has 0 atom stereocenters. The molecule has 0 aliphatic carbocycles. The van der Waals surface area contributed by atoms with Gasteiger partial charge in [0.15, 0.2) is 0 Å². The molecule has 4 nitrogen and oxygen atoms in total. The van der Waals surface area contributed by atoms with Gasteiger partial charge in [-0.3, -0.25) is 0 Å². The van der Waals surface area contributed by atoms with Crippen LogP contribution in [0.25, 0.3) is 0 Å². The highest BCUT2D eigenvalue weighted by Crippen LogP contribution is 2.42. The van der Waals surface area contributed by atoms with Crippen LogP contribution >= 0.6 is 0 Å². The first kappa shape index (κ1) is 29.0. The molecule has 4 aromatic carbocycles. The van der Waals surface area contributed by atoms with Crippen molar-refractivity contribution in [3.05, 3.63) is 171 Å². The Morgan fingerprint density at radius 2 is 0.683 bits per heavy atom. The molecule has 0 unspecified atom stereocenters. The fraction of sp³-hybridized carbons (Fsp3) is 0.135. The van der Waals surface area contributed by atoms with Crippen LogP contribution in [0.1, 0.15) is 35.1 Å². The summed E-state index contributed by atoms with van der Waals surface area (Å²) in [6, 6.07) is 33.0. The van der Waals surface area contributed by atoms with Gasteiger partial charge in [0.05, 0.1) is 25.0 Å². The van der Waals surface area contributed by atoms with Crippen molar-refractivity contribution in [2.24, 2.45) is 0 Å². The number of ether oxygens (including phenoxy) is 4. The number of benzene rings is 4. The summed E-state index contributed by atoms with van der Waals surface area (Å²) in [5.41, 5.74) is 4.59. The maximum Gasteiger partial charge on any atom is 0.126 e. The van der Waals surface area contributed by atoms with Crippen LogP contribution in [0, 0.1) is 0 Å². The summed E-state index contributed by atoms with van der Waals surface area (Å²) in [6.45, 7) is 14.7. The van der Waals surface area contributed by atoms with E-state index in [4.69, 9.17) is 18.9 Å². The van der Waals surface area contributed by atoms with Crippen molar-refractivity contribution >= 4 is 0 Å². The zero-order valence-corrected chi connectivity index (χ0v) is 23.3. The van der Waals surface area contributed by atoms with E-state index in [1.54, 1.807) is 0 Å². The van der Waals surface area contributed by atoms with Crippen molar-refractivity contribution in [2.45, 2.75) is 31.1 Å². The molecule has 0 N–H and O–H groups in total. The average molecular weight is 545 g/mol. The molecule has 0 spiro atoms. The second-order valence-electron chi connectivity index (χ2n) is 9.56. The Kier molecular flexibility index (Phi) is 10.2. The second-order valence-corrected chi connectivity index (χ2v) is 9.56. The van der Waals surface area contributed by atoms with Crippen LogP contribution in [-0.2, 0) is 18.3 Å². The third kappa shape index (κ3) is 7.58. The minimum absolute atomic E-state index is 0.300. The Morgan fingerprint density at radius 1 is 0.415 bits per heavy atom. The van der Waals surface area contributed by atoms with Crippen LogP contribution in [0.15, 0.2) is 148 Å². The van der Waals surface area contributed by atoms with Crippen molar-refractivity contribution in [1.29, 1.82) is 0 Å². The van der Waals surface area contributed by atoms with Crippen molar-refractivity contribution in [1.82, 2.24) is 0 Å². The molecule has 0 aliphatic heterocycles. The lowest BCUT2D eigenvalue weighted by molar-refractivity contribution is 0.432. The third-order valence-corrected chi connectivity index (χ3v) is 7.22. The molecule has 208 valence electrons. The second kappa shape index (κ2) is 14.4. The van der Waals surface area contributed by atoms with Gasteiger partial charge in [0, 0.05) is 5.41 Å². The summed E-state index contributed by atoms with van der Waals surface area (Å²) < 4.78 is 21.9. The minimum atomic E-state index is -0.300. The zero-order chi connectivity index (χ0) is 28.9. The lowest BCUT2D eigenvalue weighted by atomic mass is 9.67. The van der Waals surface area contributed by atoms with Crippen molar-refractivity contribution in [3.63, 3.8) is 0 Å². The molecule has 41 heavy (non-hydrogen) atoms. The maximum absolute atomic E-state index is 5.54. The predicted octanol–water partition coefficient (Wildman–Crippen LogP) is 9.33. The van der Waals surface area contributed by atoms with E-state index in [-0.39, 0.29) is 5.41 Å². The van der Waals surface area contributed by atoms with Crippen LogP contribution < -0.4 is 18.9 Å². The molecule has 0 saturated heterocycles. The van der Waals surface area contributed by atoms with Gasteiger partial charge in [-0.05, 0) is 96.5 Å². The van der Waals surface area contributed by atoms with Gasteiger partial charge < -0.3 is 18.9 Å². The summed E-state index contributed by atoms with van der Waals surface area (Å²) in [5, 5.41) is 0. The van der Waals surface area contributed by atoms with Crippen molar-refractivity contribution in [3.8, 4) is 23.0 Å². The quantitative estimate of drug-likeness (QED) is 0.132. The molecule has 4 heteroatoms. The smallest absolute Gasteiger partial charge is 0.126 e. The lowest BCUT2D eigenvalue weighted by Crippen LogP contribution is -2.29. The van der Waals surface area contributed by atoms with Crippen molar-refractivity contribution < 1.29 is 18.9 Å². The zero-order valence-electron chi connectivity index (χ0n) is 23.3. The molecule has 4 rings (SSSR count). The van der Waals surface area contributed by atoms with Gasteiger partial charge in [0.1, 0.15) is 23.0 Å². The maximum atomic E-state index is 5.54. The molecule has 0 fully saturated rings. The van der Waals surface area contributed by atoms with Gasteiger partial charge in [-0.1, -0.05) is 74.8 Å². The molecule has 0 radical (unpaired) electrons. The molecule has 0 amide bonds. The molecule has 0 heterocycles. The van der Waals surface area contributed by atoms with Crippen molar-refractivity contribution in [2.75, 3.05) is 0 Å². The number of aryl methyl sites for hydroxylation is 2. The van der Waals surface area contributed by atoms with E-state index in [1.165, 1.54) is 47.3 Å². The molecular weight excluding hydrogens is 508 g/mol. The van der Waals surface area contributed by atoms with Gasteiger partial charge >= 0.3 is 0 Å². The van der Waals surface area contributed by atoms with Crippen LogP contribution in [0.4, 0.5) is 0 Å².